The number of pyridine rings is 1. The van der Waals surface area contributed by atoms with Gasteiger partial charge in [0.15, 0.2) is 0 Å². The maximum Gasteiger partial charge on any atom is 0.123 e. The minimum absolute atomic E-state index is 0.562. The predicted octanol–water partition coefficient (Wildman–Crippen LogP) is 1.45. The van der Waals surface area contributed by atoms with Crippen molar-refractivity contribution in [2.24, 2.45) is 0 Å². The third-order valence-corrected chi connectivity index (χ3v) is 4.04. The molecule has 0 aromatic carbocycles. The molecule has 1 atom stereocenters. The summed E-state index contributed by atoms with van der Waals surface area (Å²) < 4.78 is 0.971. The first-order chi connectivity index (χ1) is 9.66. The number of hydrogen-bond donors (Lipinski definition) is 2. The van der Waals surface area contributed by atoms with Crippen LogP contribution < -0.4 is 0 Å². The molecule has 3 heterocycles. The maximum absolute atomic E-state index is 10.7. The van der Waals surface area contributed by atoms with Crippen molar-refractivity contribution in [3.05, 3.63) is 40.4 Å². The van der Waals surface area contributed by atoms with Gasteiger partial charge in [0.05, 0.1) is 6.20 Å². The molecule has 2 N–H and O–H groups in total. The van der Waals surface area contributed by atoms with Crippen LogP contribution in [0.1, 0.15) is 24.1 Å². The minimum Gasteiger partial charge on any atom is -0.382 e. The van der Waals surface area contributed by atoms with Crippen LogP contribution in [0, 0.1) is 0 Å². The van der Waals surface area contributed by atoms with E-state index in [1.165, 1.54) is 0 Å². The van der Waals surface area contributed by atoms with Crippen molar-refractivity contribution in [1.29, 1.82) is 0 Å². The molecule has 0 saturated carbocycles. The molecule has 7 heteroatoms. The van der Waals surface area contributed by atoms with Gasteiger partial charge in [-0.3, -0.25) is 9.88 Å². The van der Waals surface area contributed by atoms with E-state index in [-0.39, 0.29) is 0 Å². The fourth-order valence-electron chi connectivity index (χ4n) is 2.69. The van der Waals surface area contributed by atoms with Gasteiger partial charge in [0.2, 0.25) is 0 Å². The van der Waals surface area contributed by atoms with E-state index in [2.05, 4.69) is 47.3 Å². The van der Waals surface area contributed by atoms with Gasteiger partial charge < -0.3 is 5.11 Å². The van der Waals surface area contributed by atoms with Gasteiger partial charge in [-0.05, 0) is 46.9 Å². The second-order valence-corrected chi connectivity index (χ2v) is 6.13. The Hall–Kier alpha value is -1.31. The Kier molecular flexibility index (Phi) is 3.82. The van der Waals surface area contributed by atoms with E-state index in [1.807, 2.05) is 6.20 Å². The van der Waals surface area contributed by atoms with Crippen LogP contribution in [-0.2, 0) is 12.1 Å². The molecule has 0 spiro atoms. The number of H-pyrrole nitrogens is 1. The van der Waals surface area contributed by atoms with Crippen molar-refractivity contribution in [2.75, 3.05) is 13.1 Å². The molecule has 6 nitrogen and oxygen atoms in total. The van der Waals surface area contributed by atoms with Crippen LogP contribution in [0.15, 0.2) is 29.1 Å². The lowest BCUT2D eigenvalue weighted by Crippen LogP contribution is -2.45. The lowest BCUT2D eigenvalue weighted by atomic mass is 9.90. The first-order valence-corrected chi connectivity index (χ1v) is 7.35. The molecule has 0 bridgehead atoms. The van der Waals surface area contributed by atoms with Crippen molar-refractivity contribution >= 4 is 15.9 Å². The number of nitrogens with one attached hydrogen (secondary N) is 1. The molecule has 1 aliphatic heterocycles. The average molecular weight is 338 g/mol. The summed E-state index contributed by atoms with van der Waals surface area (Å²) in [6.45, 7) is 2.30. The predicted molar refractivity (Wildman–Crippen MR) is 76.7 cm³/mol. The van der Waals surface area contributed by atoms with Crippen molar-refractivity contribution < 1.29 is 5.11 Å². The van der Waals surface area contributed by atoms with Crippen LogP contribution >= 0.6 is 15.9 Å². The lowest BCUT2D eigenvalue weighted by Gasteiger charge is -2.37. The van der Waals surface area contributed by atoms with Crippen molar-refractivity contribution in [3.8, 4) is 0 Å². The second-order valence-electron chi connectivity index (χ2n) is 5.21. The summed E-state index contributed by atoms with van der Waals surface area (Å²) in [6.07, 6.45) is 6.88. The molecule has 0 unspecified atom stereocenters. The van der Waals surface area contributed by atoms with Crippen LogP contribution in [-0.4, -0.2) is 43.5 Å². The monoisotopic (exact) mass is 337 g/mol. The van der Waals surface area contributed by atoms with Crippen molar-refractivity contribution in [1.82, 2.24) is 25.3 Å². The zero-order valence-electron chi connectivity index (χ0n) is 11.0. The molecule has 106 valence electrons. The SMILES string of the molecule is O[C@@]1(c2cn[nH]n2)CCCN(Cc2cncc(Br)c2)C1. The second kappa shape index (κ2) is 5.59. The van der Waals surface area contributed by atoms with Crippen LogP contribution in [0.5, 0.6) is 0 Å². The van der Waals surface area contributed by atoms with Gasteiger partial charge in [-0.15, -0.1) is 0 Å². The third-order valence-electron chi connectivity index (χ3n) is 3.61. The number of rotatable bonds is 3. The topological polar surface area (TPSA) is 77.9 Å². The summed E-state index contributed by atoms with van der Waals surface area (Å²) in [5.74, 6) is 0. The van der Waals surface area contributed by atoms with E-state index in [4.69, 9.17) is 0 Å². The largest absolute Gasteiger partial charge is 0.382 e. The number of aromatic amines is 1. The van der Waals surface area contributed by atoms with E-state index in [0.717, 1.165) is 29.5 Å². The Morgan fingerprint density at radius 1 is 1.40 bits per heavy atom. The molecule has 0 amide bonds. The van der Waals surface area contributed by atoms with Gasteiger partial charge in [-0.1, -0.05) is 0 Å². The Labute approximate surface area is 125 Å². The number of hydrogen-bond acceptors (Lipinski definition) is 5. The molecular weight excluding hydrogens is 322 g/mol. The van der Waals surface area contributed by atoms with Gasteiger partial charge in [0.1, 0.15) is 11.3 Å². The van der Waals surface area contributed by atoms with Crippen molar-refractivity contribution in [2.45, 2.75) is 25.0 Å². The zero-order chi connectivity index (χ0) is 14.0. The normalized spacial score (nSPS) is 23.9. The maximum atomic E-state index is 10.7. The summed E-state index contributed by atoms with van der Waals surface area (Å²) >= 11 is 3.43. The molecule has 2 aromatic heterocycles. The summed E-state index contributed by atoms with van der Waals surface area (Å²) in [5, 5.41) is 21.1. The molecule has 3 rings (SSSR count). The van der Waals surface area contributed by atoms with Gasteiger partial charge >= 0.3 is 0 Å². The Morgan fingerprint density at radius 3 is 3.05 bits per heavy atom. The number of halogens is 1. The molecular formula is C13H16BrN5O. The smallest absolute Gasteiger partial charge is 0.123 e. The first-order valence-electron chi connectivity index (χ1n) is 6.56. The Bertz CT molecular complexity index is 576. The summed E-state index contributed by atoms with van der Waals surface area (Å²) in [6, 6.07) is 2.05. The number of likely N-dealkylation sites (tertiary alicyclic amines) is 1. The number of β-amino-alcohol motifs (C(OH)–C–C–N with tert-alkyl or cyclic N) is 1. The van der Waals surface area contributed by atoms with Gasteiger partial charge in [-0.2, -0.15) is 15.4 Å². The standard InChI is InChI=1S/C13H16BrN5O/c14-11-4-10(5-15-6-11)8-19-3-1-2-13(20,9-19)12-7-16-18-17-12/h4-7,20H,1-3,8-9H2,(H,16,17,18)/t13-/m0/s1. The average Bonchev–Trinajstić information content (AvgIpc) is 2.93. The Morgan fingerprint density at radius 2 is 2.30 bits per heavy atom. The summed E-state index contributed by atoms with van der Waals surface area (Å²) in [7, 11) is 0. The van der Waals surface area contributed by atoms with Crippen molar-refractivity contribution in [3.63, 3.8) is 0 Å². The van der Waals surface area contributed by atoms with Crippen LogP contribution in [0.3, 0.4) is 0 Å². The molecule has 1 saturated heterocycles. The molecule has 20 heavy (non-hydrogen) atoms. The van der Waals surface area contributed by atoms with Crippen LogP contribution in [0.2, 0.25) is 0 Å². The number of piperidine rings is 1. The number of aromatic nitrogens is 4. The highest BCUT2D eigenvalue weighted by atomic mass is 79.9. The van der Waals surface area contributed by atoms with Gasteiger partial charge in [0, 0.05) is 30.0 Å². The fourth-order valence-corrected chi connectivity index (χ4v) is 3.11. The quantitative estimate of drug-likeness (QED) is 0.886. The van der Waals surface area contributed by atoms with E-state index in [9.17, 15) is 5.11 Å². The zero-order valence-corrected chi connectivity index (χ0v) is 12.5. The van der Waals surface area contributed by atoms with E-state index < -0.39 is 5.60 Å². The van der Waals surface area contributed by atoms with Gasteiger partial charge in [0.25, 0.3) is 0 Å². The summed E-state index contributed by atoms with van der Waals surface area (Å²) in [5.41, 5.74) is 0.836. The highest BCUT2D eigenvalue weighted by Crippen LogP contribution is 2.30. The van der Waals surface area contributed by atoms with E-state index >= 15 is 0 Å². The molecule has 0 radical (unpaired) electrons. The highest BCUT2D eigenvalue weighted by Gasteiger charge is 2.37. The number of nitrogens with zero attached hydrogens (tertiary/aromatic N) is 4. The molecule has 1 fully saturated rings. The molecule has 0 aliphatic carbocycles. The molecule has 1 aliphatic rings. The lowest BCUT2D eigenvalue weighted by molar-refractivity contribution is -0.0414. The Balaban J connectivity index is 1.72. The summed E-state index contributed by atoms with van der Waals surface area (Å²) in [4.78, 5) is 6.40. The van der Waals surface area contributed by atoms with Crippen LogP contribution in [0.25, 0.3) is 0 Å². The van der Waals surface area contributed by atoms with E-state index in [1.54, 1.807) is 12.4 Å². The first kappa shape index (κ1) is 13.7. The van der Waals surface area contributed by atoms with E-state index in [0.29, 0.717) is 18.7 Å². The third kappa shape index (κ3) is 2.89. The fraction of sp³-hybridized carbons (Fsp3) is 0.462. The highest BCUT2D eigenvalue weighted by molar-refractivity contribution is 9.10. The van der Waals surface area contributed by atoms with Crippen LogP contribution in [0.4, 0.5) is 0 Å². The minimum atomic E-state index is -0.912. The number of aliphatic hydroxyl groups is 1. The molecule has 2 aromatic rings. The van der Waals surface area contributed by atoms with Gasteiger partial charge in [-0.25, -0.2) is 0 Å².